The quantitative estimate of drug-likeness (QED) is 0.414. The van der Waals surface area contributed by atoms with E-state index in [1.165, 1.54) is 0 Å². The summed E-state index contributed by atoms with van der Waals surface area (Å²) in [6.45, 7) is 9.95. The average Bonchev–Trinajstić information content (AvgIpc) is 1.98. The highest BCUT2D eigenvalue weighted by atomic mass is 14.7. The van der Waals surface area contributed by atoms with Gasteiger partial charge in [-0.15, -0.1) is 0 Å². The average molecular weight is 135 g/mol. The molecule has 0 aromatic carbocycles. The molecule has 1 nitrogen and oxygen atoms in total. The third-order valence-corrected chi connectivity index (χ3v) is 0.953. The van der Waals surface area contributed by atoms with Crippen molar-refractivity contribution in [1.82, 2.24) is 0 Å². The second-order valence-electron chi connectivity index (χ2n) is 1.70. The molecule has 0 aliphatic heterocycles. The van der Waals surface area contributed by atoms with Crippen LogP contribution in [0.2, 0.25) is 0 Å². The first-order chi connectivity index (χ1) is 4.85. The summed E-state index contributed by atoms with van der Waals surface area (Å²) in [7, 11) is 0. The van der Waals surface area contributed by atoms with Crippen molar-refractivity contribution in [1.29, 1.82) is 0 Å². The Morgan fingerprint density at radius 1 is 1.50 bits per heavy atom. The number of aliphatic imine (C=N–C) groups is 1. The van der Waals surface area contributed by atoms with Gasteiger partial charge in [0, 0.05) is 6.54 Å². The molecule has 0 N–H and O–H groups in total. The van der Waals surface area contributed by atoms with Gasteiger partial charge in [0.05, 0.1) is 5.71 Å². The first-order valence-electron chi connectivity index (χ1n) is 3.31. The van der Waals surface area contributed by atoms with Gasteiger partial charge in [0.15, 0.2) is 0 Å². The molecule has 0 unspecified atom stereocenters. The zero-order valence-electron chi connectivity index (χ0n) is 6.38. The summed E-state index contributed by atoms with van der Waals surface area (Å²) in [4.78, 5) is 4.14. The van der Waals surface area contributed by atoms with Crippen molar-refractivity contribution in [2.45, 2.75) is 6.92 Å². The predicted octanol–water partition coefficient (Wildman–Crippen LogP) is 2.38. The van der Waals surface area contributed by atoms with Gasteiger partial charge < -0.3 is 0 Å². The fraction of sp³-hybridized carbons (Fsp3) is 0.222. The number of hydrogen-bond donors (Lipinski definition) is 0. The third-order valence-electron chi connectivity index (χ3n) is 0.953. The second kappa shape index (κ2) is 6.02. The Morgan fingerprint density at radius 3 is 2.60 bits per heavy atom. The molecule has 0 atom stereocenters. The lowest BCUT2D eigenvalue weighted by atomic mass is 10.3. The first-order valence-corrected chi connectivity index (χ1v) is 3.31. The molecule has 0 rings (SSSR count). The van der Waals surface area contributed by atoms with Crippen LogP contribution in [0.5, 0.6) is 0 Å². The van der Waals surface area contributed by atoms with E-state index in [2.05, 4.69) is 18.2 Å². The van der Waals surface area contributed by atoms with E-state index in [4.69, 9.17) is 0 Å². The van der Waals surface area contributed by atoms with Gasteiger partial charge >= 0.3 is 0 Å². The molecule has 0 amide bonds. The number of rotatable bonds is 4. The van der Waals surface area contributed by atoms with Crippen LogP contribution in [-0.4, -0.2) is 12.3 Å². The predicted molar refractivity (Wildman–Crippen MR) is 47.5 cm³/mol. The Kier molecular flexibility index (Phi) is 5.35. The van der Waals surface area contributed by atoms with Crippen LogP contribution < -0.4 is 0 Å². The van der Waals surface area contributed by atoms with Crippen molar-refractivity contribution in [3.8, 4) is 0 Å². The highest BCUT2D eigenvalue weighted by Gasteiger charge is 1.80. The molecule has 0 aromatic rings. The zero-order valence-corrected chi connectivity index (χ0v) is 6.38. The van der Waals surface area contributed by atoms with Gasteiger partial charge in [-0.2, -0.15) is 0 Å². The fourth-order valence-corrected chi connectivity index (χ4v) is 0.535. The van der Waals surface area contributed by atoms with Crippen LogP contribution in [0.15, 0.2) is 42.5 Å². The SMILES string of the molecule is C=CC=CC(C=C)=NCC. The zero-order chi connectivity index (χ0) is 7.82. The van der Waals surface area contributed by atoms with E-state index in [-0.39, 0.29) is 0 Å². The van der Waals surface area contributed by atoms with E-state index in [0.717, 1.165) is 12.3 Å². The topological polar surface area (TPSA) is 12.4 Å². The molecular formula is C9H13N. The molecule has 0 aromatic heterocycles. The van der Waals surface area contributed by atoms with E-state index in [1.807, 2.05) is 19.1 Å². The third kappa shape index (κ3) is 3.84. The summed E-state index contributed by atoms with van der Waals surface area (Å²) >= 11 is 0. The number of nitrogens with zero attached hydrogens (tertiary/aromatic N) is 1. The summed E-state index contributed by atoms with van der Waals surface area (Å²) in [5.74, 6) is 0. The van der Waals surface area contributed by atoms with Crippen LogP contribution in [0.1, 0.15) is 6.92 Å². The smallest absolute Gasteiger partial charge is 0.0568 e. The molecule has 0 saturated carbocycles. The van der Waals surface area contributed by atoms with Crippen molar-refractivity contribution in [3.05, 3.63) is 37.5 Å². The highest BCUT2D eigenvalue weighted by molar-refractivity contribution is 6.03. The minimum Gasteiger partial charge on any atom is -0.286 e. The monoisotopic (exact) mass is 135 g/mol. The van der Waals surface area contributed by atoms with Gasteiger partial charge in [-0.05, 0) is 19.1 Å². The van der Waals surface area contributed by atoms with Gasteiger partial charge in [-0.3, -0.25) is 4.99 Å². The minimum absolute atomic E-state index is 0.794. The van der Waals surface area contributed by atoms with E-state index < -0.39 is 0 Å². The molecule has 0 heterocycles. The molecule has 0 spiro atoms. The molecule has 54 valence electrons. The van der Waals surface area contributed by atoms with Gasteiger partial charge in [0.25, 0.3) is 0 Å². The first kappa shape index (κ1) is 8.89. The molecule has 0 aliphatic rings. The lowest BCUT2D eigenvalue weighted by molar-refractivity contribution is 1.13. The Labute approximate surface area is 62.5 Å². The lowest BCUT2D eigenvalue weighted by Gasteiger charge is -1.88. The van der Waals surface area contributed by atoms with Crippen LogP contribution >= 0.6 is 0 Å². The van der Waals surface area contributed by atoms with Gasteiger partial charge in [0.1, 0.15) is 0 Å². The highest BCUT2D eigenvalue weighted by Crippen LogP contribution is 1.84. The van der Waals surface area contributed by atoms with E-state index in [0.29, 0.717) is 0 Å². The van der Waals surface area contributed by atoms with E-state index >= 15 is 0 Å². The minimum atomic E-state index is 0.794. The lowest BCUT2D eigenvalue weighted by Crippen LogP contribution is -1.86. The van der Waals surface area contributed by atoms with E-state index in [9.17, 15) is 0 Å². The van der Waals surface area contributed by atoms with Gasteiger partial charge in [-0.25, -0.2) is 0 Å². The molecule has 0 radical (unpaired) electrons. The largest absolute Gasteiger partial charge is 0.286 e. The van der Waals surface area contributed by atoms with Crippen LogP contribution in [-0.2, 0) is 0 Å². The summed E-state index contributed by atoms with van der Waals surface area (Å²) < 4.78 is 0. The summed E-state index contributed by atoms with van der Waals surface area (Å²) in [5, 5.41) is 0. The number of hydrogen-bond acceptors (Lipinski definition) is 1. The Bertz CT molecular complexity index is 164. The maximum atomic E-state index is 4.14. The van der Waals surface area contributed by atoms with Crippen molar-refractivity contribution in [2.24, 2.45) is 4.99 Å². The summed E-state index contributed by atoms with van der Waals surface area (Å²) in [6.07, 6.45) is 7.16. The Balaban J connectivity index is 4.07. The Morgan fingerprint density at radius 2 is 2.20 bits per heavy atom. The van der Waals surface area contributed by atoms with Crippen LogP contribution in [0.25, 0.3) is 0 Å². The van der Waals surface area contributed by atoms with Crippen molar-refractivity contribution in [3.63, 3.8) is 0 Å². The molecule has 0 fully saturated rings. The standard InChI is InChI=1S/C9H13N/c1-4-7-8-9(5-2)10-6-3/h4-5,7-8H,1-2,6H2,3H3. The van der Waals surface area contributed by atoms with Gasteiger partial charge in [0.2, 0.25) is 0 Å². The second-order valence-corrected chi connectivity index (χ2v) is 1.70. The fourth-order valence-electron chi connectivity index (χ4n) is 0.535. The maximum absolute atomic E-state index is 4.14. The van der Waals surface area contributed by atoms with Gasteiger partial charge in [-0.1, -0.05) is 25.3 Å². The van der Waals surface area contributed by atoms with Crippen LogP contribution in [0, 0.1) is 0 Å². The summed E-state index contributed by atoms with van der Waals surface area (Å²) in [6, 6.07) is 0. The van der Waals surface area contributed by atoms with Crippen molar-refractivity contribution >= 4 is 5.71 Å². The number of allylic oxidation sites excluding steroid dienone is 4. The molecule has 0 bridgehead atoms. The Hall–Kier alpha value is -1.11. The molecule has 0 saturated heterocycles. The van der Waals surface area contributed by atoms with Crippen molar-refractivity contribution < 1.29 is 0 Å². The van der Waals surface area contributed by atoms with Crippen LogP contribution in [0.4, 0.5) is 0 Å². The molecular weight excluding hydrogens is 122 g/mol. The van der Waals surface area contributed by atoms with Crippen molar-refractivity contribution in [2.75, 3.05) is 6.54 Å². The summed E-state index contributed by atoms with van der Waals surface area (Å²) in [5.41, 5.74) is 0.905. The van der Waals surface area contributed by atoms with E-state index in [1.54, 1.807) is 12.2 Å². The molecule has 1 heteroatoms. The maximum Gasteiger partial charge on any atom is 0.0568 e. The van der Waals surface area contributed by atoms with Crippen LogP contribution in [0.3, 0.4) is 0 Å². The molecule has 0 aliphatic carbocycles. The molecule has 10 heavy (non-hydrogen) atoms. The normalized spacial score (nSPS) is 11.9.